The SMILES string of the molecule is COc1ccc(N)c(NCCCO)c1. The molecule has 0 fully saturated rings. The van der Waals surface area contributed by atoms with Crippen LogP contribution in [0.2, 0.25) is 0 Å². The fourth-order valence-corrected chi connectivity index (χ4v) is 1.12. The third-order valence-electron chi connectivity index (χ3n) is 1.91. The normalized spacial score (nSPS) is 9.86. The van der Waals surface area contributed by atoms with Crippen LogP contribution in [-0.2, 0) is 0 Å². The largest absolute Gasteiger partial charge is 0.497 e. The molecule has 1 aromatic carbocycles. The lowest BCUT2D eigenvalue weighted by molar-refractivity contribution is 0.292. The molecule has 0 aliphatic heterocycles. The van der Waals surface area contributed by atoms with Crippen molar-refractivity contribution in [1.82, 2.24) is 0 Å². The number of ether oxygens (including phenoxy) is 1. The minimum Gasteiger partial charge on any atom is -0.497 e. The maximum Gasteiger partial charge on any atom is 0.121 e. The number of anilines is 2. The summed E-state index contributed by atoms with van der Waals surface area (Å²) in [4.78, 5) is 0. The van der Waals surface area contributed by atoms with E-state index < -0.39 is 0 Å². The molecule has 0 spiro atoms. The summed E-state index contributed by atoms with van der Waals surface area (Å²) in [5.74, 6) is 0.769. The summed E-state index contributed by atoms with van der Waals surface area (Å²) < 4.78 is 5.07. The van der Waals surface area contributed by atoms with Gasteiger partial charge in [-0.3, -0.25) is 0 Å². The molecule has 4 heteroatoms. The summed E-state index contributed by atoms with van der Waals surface area (Å²) in [6.45, 7) is 0.880. The molecule has 0 saturated heterocycles. The van der Waals surface area contributed by atoms with E-state index in [1.54, 1.807) is 13.2 Å². The summed E-state index contributed by atoms with van der Waals surface area (Å²) in [6, 6.07) is 5.44. The molecule has 4 N–H and O–H groups in total. The number of benzene rings is 1. The van der Waals surface area contributed by atoms with E-state index in [1.807, 2.05) is 12.1 Å². The number of methoxy groups -OCH3 is 1. The Morgan fingerprint density at radius 1 is 1.50 bits per heavy atom. The molecule has 0 unspecified atom stereocenters. The van der Waals surface area contributed by atoms with Crippen LogP contribution in [0.1, 0.15) is 6.42 Å². The first-order valence-corrected chi connectivity index (χ1v) is 4.56. The number of nitrogens with two attached hydrogens (primary N) is 1. The molecule has 0 aromatic heterocycles. The number of nitrogens with one attached hydrogen (secondary N) is 1. The zero-order valence-corrected chi connectivity index (χ0v) is 8.29. The van der Waals surface area contributed by atoms with Crippen molar-refractivity contribution in [2.45, 2.75) is 6.42 Å². The third-order valence-corrected chi connectivity index (χ3v) is 1.91. The van der Waals surface area contributed by atoms with Gasteiger partial charge in [0.15, 0.2) is 0 Å². The van der Waals surface area contributed by atoms with E-state index in [0.717, 1.165) is 11.4 Å². The molecule has 0 radical (unpaired) electrons. The third kappa shape index (κ3) is 2.81. The lowest BCUT2D eigenvalue weighted by Gasteiger charge is -2.10. The van der Waals surface area contributed by atoms with E-state index in [-0.39, 0.29) is 6.61 Å². The van der Waals surface area contributed by atoms with Gasteiger partial charge in [-0.1, -0.05) is 0 Å². The molecular weight excluding hydrogens is 180 g/mol. The molecule has 14 heavy (non-hydrogen) atoms. The van der Waals surface area contributed by atoms with Gasteiger partial charge in [0, 0.05) is 19.2 Å². The van der Waals surface area contributed by atoms with Crippen LogP contribution in [0.5, 0.6) is 5.75 Å². The number of aliphatic hydroxyl groups is 1. The molecule has 1 aromatic rings. The Hall–Kier alpha value is -1.42. The minimum absolute atomic E-state index is 0.177. The Balaban J connectivity index is 2.64. The van der Waals surface area contributed by atoms with Gasteiger partial charge in [0.25, 0.3) is 0 Å². The smallest absolute Gasteiger partial charge is 0.121 e. The lowest BCUT2D eigenvalue weighted by Crippen LogP contribution is -2.05. The van der Waals surface area contributed by atoms with E-state index in [0.29, 0.717) is 18.7 Å². The van der Waals surface area contributed by atoms with Gasteiger partial charge in [0.1, 0.15) is 5.75 Å². The highest BCUT2D eigenvalue weighted by Gasteiger charge is 1.99. The summed E-state index contributed by atoms with van der Waals surface area (Å²) in [5, 5.41) is 11.7. The highest BCUT2D eigenvalue weighted by atomic mass is 16.5. The van der Waals surface area contributed by atoms with Crippen molar-refractivity contribution in [3.63, 3.8) is 0 Å². The van der Waals surface area contributed by atoms with Gasteiger partial charge < -0.3 is 20.9 Å². The summed E-state index contributed by atoms with van der Waals surface area (Å²) in [6.07, 6.45) is 0.705. The van der Waals surface area contributed by atoms with Crippen molar-refractivity contribution in [2.75, 3.05) is 31.3 Å². The molecule has 0 bridgehead atoms. The Morgan fingerprint density at radius 2 is 2.29 bits per heavy atom. The first kappa shape index (κ1) is 10.7. The van der Waals surface area contributed by atoms with Crippen LogP contribution in [0.3, 0.4) is 0 Å². The maximum atomic E-state index is 8.62. The number of nitrogen functional groups attached to an aromatic ring is 1. The Morgan fingerprint density at radius 3 is 2.93 bits per heavy atom. The zero-order valence-electron chi connectivity index (χ0n) is 8.29. The number of aliphatic hydroxyl groups excluding tert-OH is 1. The van der Waals surface area contributed by atoms with Crippen molar-refractivity contribution in [2.24, 2.45) is 0 Å². The second-order valence-corrected chi connectivity index (χ2v) is 2.96. The van der Waals surface area contributed by atoms with Gasteiger partial charge in [-0.15, -0.1) is 0 Å². The molecule has 4 nitrogen and oxygen atoms in total. The van der Waals surface area contributed by atoms with Gasteiger partial charge in [-0.25, -0.2) is 0 Å². The summed E-state index contributed by atoms with van der Waals surface area (Å²) in [5.41, 5.74) is 7.28. The van der Waals surface area contributed by atoms with Gasteiger partial charge in [0.2, 0.25) is 0 Å². The van der Waals surface area contributed by atoms with Crippen LogP contribution < -0.4 is 15.8 Å². The fourth-order valence-electron chi connectivity index (χ4n) is 1.12. The topological polar surface area (TPSA) is 67.5 Å². The Kier molecular flexibility index (Phi) is 4.07. The molecule has 0 saturated carbocycles. The average molecular weight is 196 g/mol. The number of hydrogen-bond acceptors (Lipinski definition) is 4. The Labute approximate surface area is 83.7 Å². The minimum atomic E-state index is 0.177. The van der Waals surface area contributed by atoms with Gasteiger partial charge in [0.05, 0.1) is 18.5 Å². The molecule has 0 atom stereocenters. The van der Waals surface area contributed by atoms with E-state index in [2.05, 4.69) is 5.32 Å². The van der Waals surface area contributed by atoms with Crippen LogP contribution in [-0.4, -0.2) is 25.4 Å². The van der Waals surface area contributed by atoms with Crippen LogP contribution in [0, 0.1) is 0 Å². The quantitative estimate of drug-likeness (QED) is 0.487. The predicted molar refractivity (Wildman–Crippen MR) is 57.6 cm³/mol. The second kappa shape index (κ2) is 5.34. The average Bonchev–Trinajstić information content (AvgIpc) is 2.21. The van der Waals surface area contributed by atoms with Crippen LogP contribution >= 0.6 is 0 Å². The number of hydrogen-bond donors (Lipinski definition) is 3. The van der Waals surface area contributed by atoms with Gasteiger partial charge >= 0.3 is 0 Å². The second-order valence-electron chi connectivity index (χ2n) is 2.96. The van der Waals surface area contributed by atoms with E-state index in [4.69, 9.17) is 15.6 Å². The van der Waals surface area contributed by atoms with Crippen molar-refractivity contribution in [1.29, 1.82) is 0 Å². The monoisotopic (exact) mass is 196 g/mol. The van der Waals surface area contributed by atoms with Gasteiger partial charge in [-0.05, 0) is 18.6 Å². The van der Waals surface area contributed by atoms with E-state index >= 15 is 0 Å². The van der Waals surface area contributed by atoms with Crippen molar-refractivity contribution < 1.29 is 9.84 Å². The molecule has 0 amide bonds. The predicted octanol–water partition coefficient (Wildman–Crippen LogP) is 1.07. The highest BCUT2D eigenvalue weighted by Crippen LogP contribution is 2.23. The van der Waals surface area contributed by atoms with Crippen LogP contribution in [0.15, 0.2) is 18.2 Å². The molecule has 78 valence electrons. The summed E-state index contributed by atoms with van der Waals surface area (Å²) in [7, 11) is 1.61. The Bertz CT molecular complexity index is 289. The lowest BCUT2D eigenvalue weighted by atomic mass is 10.2. The molecule has 0 aliphatic rings. The van der Waals surface area contributed by atoms with Crippen molar-refractivity contribution >= 4 is 11.4 Å². The van der Waals surface area contributed by atoms with Crippen molar-refractivity contribution in [3.05, 3.63) is 18.2 Å². The van der Waals surface area contributed by atoms with E-state index in [1.165, 1.54) is 0 Å². The zero-order chi connectivity index (χ0) is 10.4. The molecular formula is C10H16N2O2. The first-order chi connectivity index (χ1) is 6.77. The van der Waals surface area contributed by atoms with Gasteiger partial charge in [-0.2, -0.15) is 0 Å². The summed E-state index contributed by atoms with van der Waals surface area (Å²) >= 11 is 0. The fraction of sp³-hybridized carbons (Fsp3) is 0.400. The highest BCUT2D eigenvalue weighted by molar-refractivity contribution is 5.68. The first-order valence-electron chi connectivity index (χ1n) is 4.56. The maximum absolute atomic E-state index is 8.62. The molecule has 0 heterocycles. The number of rotatable bonds is 5. The molecule has 1 rings (SSSR count). The van der Waals surface area contributed by atoms with Crippen LogP contribution in [0.4, 0.5) is 11.4 Å². The standard InChI is InChI=1S/C10H16N2O2/c1-14-8-3-4-9(11)10(7-8)12-5-2-6-13/h3-4,7,12-13H,2,5-6,11H2,1H3. The van der Waals surface area contributed by atoms with Crippen molar-refractivity contribution in [3.8, 4) is 5.75 Å². The van der Waals surface area contributed by atoms with E-state index in [9.17, 15) is 0 Å². The molecule has 0 aliphatic carbocycles. The van der Waals surface area contributed by atoms with Crippen LogP contribution in [0.25, 0.3) is 0 Å².